The fourth-order valence-electron chi connectivity index (χ4n) is 1.35. The number of hydrogen-bond donors (Lipinski definition) is 1. The van der Waals surface area contributed by atoms with E-state index in [0.717, 1.165) is 0 Å². The lowest BCUT2D eigenvalue weighted by atomic mass is 10.00. The highest BCUT2D eigenvalue weighted by molar-refractivity contribution is 7.81. The van der Waals surface area contributed by atoms with E-state index in [1.807, 2.05) is 0 Å². The minimum absolute atomic E-state index is 0.110. The van der Waals surface area contributed by atoms with Gasteiger partial charge in [-0.3, -0.25) is 4.79 Å². The molecule has 76 valence electrons. The SMILES string of the molecule is CN(S(C)=O)C1(C(=O)O)CCOC1. The Kier molecular flexibility index (Phi) is 3.05. The predicted molar refractivity (Wildman–Crippen MR) is 47.6 cm³/mol. The van der Waals surface area contributed by atoms with E-state index < -0.39 is 22.5 Å². The lowest BCUT2D eigenvalue weighted by Crippen LogP contribution is -2.53. The highest BCUT2D eigenvalue weighted by Crippen LogP contribution is 2.26. The number of nitrogens with zero attached hydrogens (tertiary/aromatic N) is 1. The van der Waals surface area contributed by atoms with Crippen molar-refractivity contribution in [2.24, 2.45) is 0 Å². The van der Waals surface area contributed by atoms with E-state index in [9.17, 15) is 9.00 Å². The second kappa shape index (κ2) is 3.73. The molecule has 1 aliphatic rings. The van der Waals surface area contributed by atoms with E-state index in [1.165, 1.54) is 10.6 Å². The normalized spacial score (nSPS) is 30.7. The molecule has 0 aromatic carbocycles. The van der Waals surface area contributed by atoms with Crippen LogP contribution in [0, 0.1) is 0 Å². The third-order valence-electron chi connectivity index (χ3n) is 2.39. The van der Waals surface area contributed by atoms with Crippen LogP contribution in [0.25, 0.3) is 0 Å². The lowest BCUT2D eigenvalue weighted by Gasteiger charge is -2.30. The first kappa shape index (κ1) is 10.6. The van der Waals surface area contributed by atoms with Gasteiger partial charge in [-0.2, -0.15) is 0 Å². The van der Waals surface area contributed by atoms with Gasteiger partial charge in [0.25, 0.3) is 0 Å². The molecule has 0 saturated carbocycles. The molecule has 0 aliphatic carbocycles. The molecule has 13 heavy (non-hydrogen) atoms. The number of ether oxygens (including phenoxy) is 1. The highest BCUT2D eigenvalue weighted by atomic mass is 32.2. The predicted octanol–water partition coefficient (Wildman–Crippen LogP) is -0.545. The molecule has 1 saturated heterocycles. The van der Waals surface area contributed by atoms with Crippen LogP contribution < -0.4 is 0 Å². The Balaban J connectivity index is 2.90. The summed E-state index contributed by atoms with van der Waals surface area (Å²) in [4.78, 5) is 11.0. The van der Waals surface area contributed by atoms with Crippen molar-refractivity contribution in [3.63, 3.8) is 0 Å². The first-order valence-electron chi connectivity index (χ1n) is 3.89. The molecule has 0 radical (unpaired) electrons. The molecule has 0 aromatic rings. The third kappa shape index (κ3) is 1.74. The number of aliphatic carboxylic acids is 1. The van der Waals surface area contributed by atoms with Crippen LogP contribution in [0.1, 0.15) is 6.42 Å². The number of carbonyl (C=O) groups is 1. The Hall–Kier alpha value is -0.460. The van der Waals surface area contributed by atoms with Gasteiger partial charge < -0.3 is 9.84 Å². The van der Waals surface area contributed by atoms with Crippen molar-refractivity contribution in [3.8, 4) is 0 Å². The standard InChI is InChI=1S/C7H13NO4S/c1-8(13(2)11)7(6(9)10)3-4-12-5-7/h3-5H2,1-2H3,(H,9,10). The summed E-state index contributed by atoms with van der Waals surface area (Å²) in [5, 5.41) is 9.03. The Morgan fingerprint density at radius 2 is 2.31 bits per heavy atom. The van der Waals surface area contributed by atoms with Crippen molar-refractivity contribution in [1.29, 1.82) is 0 Å². The summed E-state index contributed by atoms with van der Waals surface area (Å²) in [6, 6.07) is 0. The molecule has 0 amide bonds. The first-order chi connectivity index (χ1) is 6.00. The molecule has 0 spiro atoms. The van der Waals surface area contributed by atoms with Gasteiger partial charge in [-0.1, -0.05) is 0 Å². The van der Waals surface area contributed by atoms with Crippen LogP contribution >= 0.6 is 0 Å². The van der Waals surface area contributed by atoms with E-state index in [-0.39, 0.29) is 6.61 Å². The average molecular weight is 207 g/mol. The fraction of sp³-hybridized carbons (Fsp3) is 0.857. The van der Waals surface area contributed by atoms with Gasteiger partial charge in [0, 0.05) is 26.3 Å². The molecular weight excluding hydrogens is 194 g/mol. The van der Waals surface area contributed by atoms with E-state index in [4.69, 9.17) is 9.84 Å². The van der Waals surface area contributed by atoms with Gasteiger partial charge in [0.05, 0.1) is 17.6 Å². The molecule has 2 unspecified atom stereocenters. The van der Waals surface area contributed by atoms with Crippen LogP contribution in [0.15, 0.2) is 0 Å². The maximum atomic E-state index is 11.2. The maximum Gasteiger partial charge on any atom is 0.327 e. The number of rotatable bonds is 3. The van der Waals surface area contributed by atoms with Crippen LogP contribution in [0.2, 0.25) is 0 Å². The average Bonchev–Trinajstić information content (AvgIpc) is 2.51. The van der Waals surface area contributed by atoms with Crippen molar-refractivity contribution in [2.45, 2.75) is 12.0 Å². The van der Waals surface area contributed by atoms with Gasteiger partial charge >= 0.3 is 5.97 Å². The maximum absolute atomic E-state index is 11.2. The molecule has 0 bridgehead atoms. The minimum Gasteiger partial charge on any atom is -0.480 e. The summed E-state index contributed by atoms with van der Waals surface area (Å²) in [7, 11) is 0.253. The summed E-state index contributed by atoms with van der Waals surface area (Å²) in [6.07, 6.45) is 1.85. The Morgan fingerprint density at radius 3 is 2.62 bits per heavy atom. The van der Waals surface area contributed by atoms with E-state index in [1.54, 1.807) is 7.05 Å². The Labute approximate surface area is 79.3 Å². The number of carboxylic acids is 1. The van der Waals surface area contributed by atoms with Gasteiger partial charge in [0.15, 0.2) is 5.54 Å². The number of carboxylic acid groups (broad SMARTS) is 1. The monoisotopic (exact) mass is 207 g/mol. The van der Waals surface area contributed by atoms with Gasteiger partial charge in [0.1, 0.15) is 0 Å². The third-order valence-corrected chi connectivity index (χ3v) is 3.51. The van der Waals surface area contributed by atoms with Gasteiger partial charge in [-0.15, -0.1) is 0 Å². The molecule has 1 aliphatic heterocycles. The number of likely N-dealkylation sites (N-methyl/N-ethyl adjacent to an activating group) is 1. The molecular formula is C7H13NO4S. The summed E-state index contributed by atoms with van der Waals surface area (Å²) in [6.45, 7) is 0.520. The van der Waals surface area contributed by atoms with E-state index in [0.29, 0.717) is 13.0 Å². The zero-order valence-corrected chi connectivity index (χ0v) is 8.47. The molecule has 5 nitrogen and oxygen atoms in total. The summed E-state index contributed by atoms with van der Waals surface area (Å²) < 4.78 is 17.5. The van der Waals surface area contributed by atoms with Crippen LogP contribution in [0.3, 0.4) is 0 Å². The van der Waals surface area contributed by atoms with Crippen molar-refractivity contribution >= 4 is 17.0 Å². The van der Waals surface area contributed by atoms with E-state index in [2.05, 4.69) is 0 Å². The molecule has 1 fully saturated rings. The van der Waals surface area contributed by atoms with Gasteiger partial charge in [-0.05, 0) is 0 Å². The Morgan fingerprint density at radius 1 is 1.69 bits per heavy atom. The molecule has 1 heterocycles. The highest BCUT2D eigenvalue weighted by Gasteiger charge is 2.47. The zero-order chi connectivity index (χ0) is 10.1. The molecule has 1 N–H and O–H groups in total. The lowest BCUT2D eigenvalue weighted by molar-refractivity contribution is -0.147. The van der Waals surface area contributed by atoms with Crippen molar-refractivity contribution in [3.05, 3.63) is 0 Å². The van der Waals surface area contributed by atoms with Crippen LogP contribution in [0.5, 0.6) is 0 Å². The second-order valence-electron chi connectivity index (χ2n) is 3.06. The molecule has 6 heteroatoms. The Bertz CT molecular complexity index is 237. The smallest absolute Gasteiger partial charge is 0.327 e. The van der Waals surface area contributed by atoms with Crippen LogP contribution in [0.4, 0.5) is 0 Å². The van der Waals surface area contributed by atoms with Crippen molar-refractivity contribution in [2.75, 3.05) is 26.5 Å². The molecule has 0 aromatic heterocycles. The zero-order valence-electron chi connectivity index (χ0n) is 7.65. The summed E-state index contributed by atoms with van der Waals surface area (Å²) >= 11 is 0. The first-order valence-corrected chi connectivity index (χ1v) is 5.41. The van der Waals surface area contributed by atoms with E-state index >= 15 is 0 Å². The summed E-state index contributed by atoms with van der Waals surface area (Å²) in [5.41, 5.74) is -1.10. The molecule has 2 atom stereocenters. The van der Waals surface area contributed by atoms with Crippen molar-refractivity contribution < 1.29 is 18.8 Å². The minimum atomic E-state index is -1.29. The topological polar surface area (TPSA) is 66.8 Å². The summed E-state index contributed by atoms with van der Waals surface area (Å²) in [5.74, 6) is -0.970. The van der Waals surface area contributed by atoms with Crippen LogP contribution in [-0.2, 0) is 20.5 Å². The largest absolute Gasteiger partial charge is 0.480 e. The van der Waals surface area contributed by atoms with Crippen molar-refractivity contribution in [1.82, 2.24) is 4.31 Å². The second-order valence-corrected chi connectivity index (χ2v) is 4.46. The van der Waals surface area contributed by atoms with Crippen LogP contribution in [-0.4, -0.2) is 51.6 Å². The van der Waals surface area contributed by atoms with Gasteiger partial charge in [-0.25, -0.2) is 8.51 Å². The number of hydrogen-bond acceptors (Lipinski definition) is 3. The fourth-order valence-corrected chi connectivity index (χ4v) is 2.07. The molecule has 1 rings (SSSR count). The van der Waals surface area contributed by atoms with Gasteiger partial charge in [0.2, 0.25) is 0 Å². The quantitative estimate of drug-likeness (QED) is 0.674.